The molecule has 0 aliphatic carbocycles. The number of aldehydes is 2. The molecule has 36 heteroatoms. The number of halogens is 1. The van der Waals surface area contributed by atoms with E-state index in [2.05, 4.69) is 99.4 Å². The number of hydrogen-bond acceptors (Lipinski definition) is 33. The number of amides is 1. The molecule has 9 N–H and O–H groups in total. The van der Waals surface area contributed by atoms with Gasteiger partial charge in [-0.3, -0.25) is 9.59 Å². The highest BCUT2D eigenvalue weighted by atomic mass is 79.9. The standard InChI is InChI=1S/C29H36N4O4.C24H28N4O2.C23H23N3O3.C16H18BrN3O2.C10H18O5.C7H7BO3.CH5N/c1-20-10-13-27(30-16-20)36-22-14-15-33(18-22)26-12-11-24(31-25(26)19-34)23-9-7-6-8-21(23)17-32(5)28(35)37-29(2,3)4;1-17-7-10-24(26-13-17)30-19-11-12-28(15-19)23-9-8-21(27-22(23)16-29)20-6-4-3-5-18(20)14-25-2;1-16-6-9-23(24-12-16)29-18-10-11-26(13-18)22-8-7-20(25-21(22)15-28)19-5-3-2-4-17(19)14-27;1-11-2-5-16(18-8-11)22-12-6-7-20(9-12)14-3-4-15(17)19-13(14)10-21;1-9(2,3)14-7(11)13-8(12)15-10(4,5)6;9-5-6-3-1-2-4-7(6)8(10)11;1-2/h6-13,16,22,34H,14-15,17-19H2,1-5H3;3-10,13,19,25,29H,11-12,14-16H2,1-2H3;2-9,12,14,18,28H,10-11,13,15H2,1H3;2-5,8,12,21H,6-7,9-10H2,1H3;1-6H3;1-5,10-11H;2H2,1H3/t22-;19-;18-;12-;;;/m0000.../s1. The van der Waals surface area contributed by atoms with Crippen LogP contribution in [-0.2, 0) is 58.5 Å². The minimum atomic E-state index is -1.57. The first-order chi connectivity index (χ1) is 69.9. The number of hydrogen-bond donors (Lipinski definition) is 8. The van der Waals surface area contributed by atoms with Gasteiger partial charge in [-0.2, -0.15) is 0 Å². The van der Waals surface area contributed by atoms with Crippen molar-refractivity contribution < 1.29 is 92.3 Å². The number of pyridine rings is 8. The molecule has 774 valence electrons. The zero-order chi connectivity index (χ0) is 106. The van der Waals surface area contributed by atoms with Gasteiger partial charge in [0.15, 0.2) is 6.29 Å². The van der Waals surface area contributed by atoms with E-state index in [9.17, 15) is 44.4 Å². The van der Waals surface area contributed by atoms with Gasteiger partial charge in [-0.25, -0.2) is 54.3 Å². The third-order valence-corrected chi connectivity index (χ3v) is 23.2. The summed E-state index contributed by atoms with van der Waals surface area (Å²) >= 11 is 3.33. The third-order valence-electron chi connectivity index (χ3n) is 22.8. The van der Waals surface area contributed by atoms with Gasteiger partial charge in [0.1, 0.15) is 52.1 Å². The molecule has 12 heterocycles. The molecule has 12 aromatic rings. The summed E-state index contributed by atoms with van der Waals surface area (Å²) in [5, 5.41) is 60.2. The van der Waals surface area contributed by atoms with Gasteiger partial charge < -0.3 is 104 Å². The first kappa shape index (κ1) is 114. The van der Waals surface area contributed by atoms with Crippen LogP contribution in [0, 0.1) is 27.7 Å². The Hall–Kier alpha value is -13.9. The number of carbonyl (C=O) groups excluding carboxylic acids is 5. The lowest BCUT2D eigenvalue weighted by Crippen LogP contribution is -2.33. The summed E-state index contributed by atoms with van der Waals surface area (Å²) in [6.07, 6.45) is 9.95. The fourth-order valence-corrected chi connectivity index (χ4v) is 16.3. The summed E-state index contributed by atoms with van der Waals surface area (Å²) in [4.78, 5) is 102. The molecule has 4 fully saturated rings. The van der Waals surface area contributed by atoms with E-state index in [1.54, 1.807) is 84.1 Å². The van der Waals surface area contributed by atoms with Crippen LogP contribution in [0.2, 0.25) is 0 Å². The van der Waals surface area contributed by atoms with E-state index < -0.39 is 36.2 Å². The van der Waals surface area contributed by atoms with Crippen LogP contribution >= 0.6 is 15.9 Å². The first-order valence-electron chi connectivity index (χ1n) is 48.3. The SMILES string of the molecule is CC(C)(C)OC(=O)OC(=O)OC(C)(C)C.CN.CNCc1ccccc1-c1ccc(N2CC[C@H](Oc3ccc(C)cn3)C2)c(CO)n1.Cc1ccc(O[C@H]2CCN(c3ccc(-c4ccccc4C=O)nc3CO)C2)nc1.Cc1ccc(O[C@H]2CCN(c3ccc(-c4ccccc4CN(C)C(=O)OC(C)(C)C)nc3CO)C2)nc1.Cc1ccc(O[C@H]2CCN(c3ccc(Br)nc3CO)C2)nc1.O=Cc1ccccc1B(O)O. The lowest BCUT2D eigenvalue weighted by atomic mass is 9.77. The van der Waals surface area contributed by atoms with Gasteiger partial charge >= 0.3 is 25.5 Å². The average molecular weight is 2060 g/mol. The van der Waals surface area contributed by atoms with Crippen molar-refractivity contribution in [2.24, 2.45) is 5.73 Å². The van der Waals surface area contributed by atoms with Crippen LogP contribution in [0.1, 0.15) is 165 Å². The van der Waals surface area contributed by atoms with Gasteiger partial charge in [-0.05, 0) is 207 Å². The maximum atomic E-state index is 12.5. The Morgan fingerprint density at radius 3 is 1.07 bits per heavy atom. The van der Waals surface area contributed by atoms with Crippen molar-refractivity contribution in [3.63, 3.8) is 0 Å². The van der Waals surface area contributed by atoms with E-state index in [1.165, 1.54) is 24.7 Å². The van der Waals surface area contributed by atoms with Crippen molar-refractivity contribution in [3.05, 3.63) is 291 Å². The maximum absolute atomic E-state index is 12.5. The monoisotopic (exact) mass is 2060 g/mol. The van der Waals surface area contributed by atoms with Gasteiger partial charge in [0.25, 0.3) is 0 Å². The Labute approximate surface area is 863 Å². The van der Waals surface area contributed by atoms with Crippen molar-refractivity contribution in [2.75, 3.05) is 93.1 Å². The summed E-state index contributed by atoms with van der Waals surface area (Å²) in [6.45, 7) is 30.5. The third kappa shape index (κ3) is 35.2. The van der Waals surface area contributed by atoms with E-state index in [-0.39, 0.29) is 62.4 Å². The first-order valence-corrected chi connectivity index (χ1v) is 49.1. The van der Waals surface area contributed by atoms with Crippen LogP contribution in [0.25, 0.3) is 33.8 Å². The second-order valence-corrected chi connectivity index (χ2v) is 38.7. The van der Waals surface area contributed by atoms with E-state index in [1.807, 2.05) is 214 Å². The van der Waals surface area contributed by atoms with Crippen LogP contribution in [-0.4, -0.2) is 228 Å². The molecule has 1 amide bonds. The molecule has 0 saturated carbocycles. The molecule has 0 unspecified atom stereocenters. The number of ether oxygens (including phenoxy) is 8. The number of nitrogens with two attached hydrogens (primary N) is 1. The normalized spacial score (nSPS) is 15.1. The predicted octanol–water partition coefficient (Wildman–Crippen LogP) is 16.0. The Morgan fingerprint density at radius 2 is 0.740 bits per heavy atom. The molecule has 146 heavy (non-hydrogen) atoms. The summed E-state index contributed by atoms with van der Waals surface area (Å²) in [6, 6.07) is 61.1. The average Bonchev–Trinajstić information content (AvgIpc) is 1.34. The zero-order valence-electron chi connectivity index (χ0n) is 85.8. The molecule has 4 aromatic carbocycles. The van der Waals surface area contributed by atoms with Gasteiger partial charge in [-0.1, -0.05) is 121 Å². The van der Waals surface area contributed by atoms with Crippen LogP contribution in [0.5, 0.6) is 23.5 Å². The van der Waals surface area contributed by atoms with E-state index >= 15 is 0 Å². The van der Waals surface area contributed by atoms with E-state index in [4.69, 9.17) is 53.2 Å². The number of anilines is 4. The number of aromatic nitrogens is 8. The summed E-state index contributed by atoms with van der Waals surface area (Å²) in [5.41, 5.74) is 21.6. The number of rotatable bonds is 26. The maximum Gasteiger partial charge on any atom is 0.519 e. The summed E-state index contributed by atoms with van der Waals surface area (Å²) in [7, 11) is 3.58. The van der Waals surface area contributed by atoms with Gasteiger partial charge in [0.2, 0.25) is 23.5 Å². The number of aryl methyl sites for hydroxylation is 4. The molecule has 0 radical (unpaired) electrons. The number of nitrogens with zero attached hydrogens (tertiary/aromatic N) is 13. The topological polar surface area (TPSA) is 438 Å². The molecule has 0 bridgehead atoms. The van der Waals surface area contributed by atoms with Crippen LogP contribution in [0.3, 0.4) is 0 Å². The molecule has 4 atom stereocenters. The largest absolute Gasteiger partial charge is 0.519 e. The van der Waals surface area contributed by atoms with E-state index in [0.29, 0.717) is 89.0 Å². The van der Waals surface area contributed by atoms with Crippen molar-refractivity contribution in [1.29, 1.82) is 0 Å². The number of benzene rings is 4. The Morgan fingerprint density at radius 1 is 0.425 bits per heavy atom. The van der Waals surface area contributed by atoms with Crippen LogP contribution in [0.15, 0.2) is 224 Å². The summed E-state index contributed by atoms with van der Waals surface area (Å²) in [5.74, 6) is 2.57. The van der Waals surface area contributed by atoms with Crippen molar-refractivity contribution in [1.82, 2.24) is 50.1 Å². The minimum absolute atomic E-state index is 0.0190. The number of aliphatic hydroxyl groups is 4. The minimum Gasteiger partial charge on any atom is -0.472 e. The lowest BCUT2D eigenvalue weighted by Gasteiger charge is -2.25. The van der Waals surface area contributed by atoms with Crippen LogP contribution < -0.4 is 55.1 Å². The molecular formula is C110H135BBrN15O19. The molecule has 4 saturated heterocycles. The van der Waals surface area contributed by atoms with Gasteiger partial charge in [-0.15, -0.1) is 0 Å². The highest BCUT2D eigenvalue weighted by Crippen LogP contribution is 2.36. The highest BCUT2D eigenvalue weighted by Gasteiger charge is 2.34. The quantitative estimate of drug-likeness (QED) is 0.00623. The molecule has 4 aliphatic heterocycles. The number of aliphatic hydroxyl groups excluding tert-OH is 4. The van der Waals surface area contributed by atoms with Crippen LogP contribution in [0.4, 0.5) is 37.1 Å². The molecule has 34 nitrogen and oxygen atoms in total. The van der Waals surface area contributed by atoms with Crippen molar-refractivity contribution in [3.8, 4) is 57.3 Å². The Balaban J connectivity index is 0.000000185. The molecule has 0 spiro atoms. The number of carbonyl (C=O) groups is 5. The van der Waals surface area contributed by atoms with E-state index in [0.717, 1.165) is 161 Å². The number of nitrogens with one attached hydrogen (secondary N) is 1. The zero-order valence-corrected chi connectivity index (χ0v) is 87.4. The fraction of sp³-hybridized carbons (Fsp3) is 0.373. The fourth-order valence-electron chi connectivity index (χ4n) is 15.9. The predicted molar refractivity (Wildman–Crippen MR) is 567 cm³/mol. The second-order valence-electron chi connectivity index (χ2n) is 37.9. The van der Waals surface area contributed by atoms with Crippen molar-refractivity contribution >= 4 is 82.2 Å². The lowest BCUT2D eigenvalue weighted by molar-refractivity contribution is -0.0295. The van der Waals surface area contributed by atoms with Crippen molar-refractivity contribution in [2.45, 2.75) is 196 Å². The van der Waals surface area contributed by atoms with Gasteiger partial charge in [0.05, 0.1) is 115 Å². The van der Waals surface area contributed by atoms with Gasteiger partial charge in [0, 0.05) is 149 Å². The smallest absolute Gasteiger partial charge is 0.472 e. The molecular weight excluding hydrogens is 1930 g/mol. The molecule has 16 rings (SSSR count). The molecule has 8 aromatic heterocycles. The Bertz CT molecular complexity index is 6180. The Kier molecular flexibility index (Phi) is 43.2. The second kappa shape index (κ2) is 55.4. The summed E-state index contributed by atoms with van der Waals surface area (Å²) < 4.78 is 44.1. The molecule has 4 aliphatic rings. The highest BCUT2D eigenvalue weighted by molar-refractivity contribution is 9.10.